The largest absolute Gasteiger partial charge is 0.507 e. The number of aliphatic hydroxyl groups excluding tert-OH is 1. The fraction of sp³-hybridized carbons (Fsp3) is 0.0690. The quantitative estimate of drug-likeness (QED) is 0.226. The van der Waals surface area contributed by atoms with Crippen molar-refractivity contribution in [2.24, 2.45) is 0 Å². The summed E-state index contributed by atoms with van der Waals surface area (Å²) in [5.41, 5.74) is 2.16. The van der Waals surface area contributed by atoms with E-state index in [0.29, 0.717) is 23.6 Å². The topological polar surface area (TPSA) is 79.7 Å². The van der Waals surface area contributed by atoms with Crippen LogP contribution in [0.15, 0.2) is 109 Å². The molecule has 1 atom stereocenters. The van der Waals surface area contributed by atoms with Gasteiger partial charge in [-0.1, -0.05) is 36.4 Å². The normalized spacial score (nSPS) is 16.8. The molecule has 6 nitrogen and oxygen atoms in total. The highest BCUT2D eigenvalue weighted by Crippen LogP contribution is 2.42. The van der Waals surface area contributed by atoms with Gasteiger partial charge in [-0.2, -0.15) is 0 Å². The lowest BCUT2D eigenvalue weighted by Gasteiger charge is -2.25. The molecule has 1 saturated heterocycles. The second-order valence-electron chi connectivity index (χ2n) is 8.23. The van der Waals surface area contributed by atoms with E-state index >= 15 is 0 Å². The number of carbonyl (C=O) groups is 2. The molecule has 1 amide bonds. The molecule has 7 heteroatoms. The van der Waals surface area contributed by atoms with Crippen molar-refractivity contribution in [1.82, 2.24) is 4.98 Å². The molecule has 0 spiro atoms. The molecular weight excluding hydrogens is 459 g/mol. The summed E-state index contributed by atoms with van der Waals surface area (Å²) in [6.45, 7) is 0.387. The molecule has 1 aliphatic heterocycles. The van der Waals surface area contributed by atoms with Crippen molar-refractivity contribution in [3.63, 3.8) is 0 Å². The maximum absolute atomic E-state index is 13.4. The summed E-state index contributed by atoms with van der Waals surface area (Å²) in [5.74, 6) is -1.89. The highest BCUT2D eigenvalue weighted by atomic mass is 19.1. The van der Waals surface area contributed by atoms with Crippen LogP contribution in [0.5, 0.6) is 5.75 Å². The van der Waals surface area contributed by atoms with Crippen LogP contribution in [0.3, 0.4) is 0 Å². The number of nitrogens with zero attached hydrogens (tertiary/aromatic N) is 2. The molecule has 0 bridgehead atoms. The molecule has 1 aromatic heterocycles. The molecule has 2 heterocycles. The van der Waals surface area contributed by atoms with E-state index < -0.39 is 23.5 Å². The Balaban J connectivity index is 1.51. The number of carbonyl (C=O) groups excluding carboxylic acids is 2. The lowest BCUT2D eigenvalue weighted by molar-refractivity contribution is -0.132. The summed E-state index contributed by atoms with van der Waals surface area (Å²) in [6.07, 6.45) is 3.12. The van der Waals surface area contributed by atoms with Crippen molar-refractivity contribution < 1.29 is 23.8 Å². The van der Waals surface area contributed by atoms with Gasteiger partial charge in [0, 0.05) is 23.6 Å². The fourth-order valence-electron chi connectivity index (χ4n) is 4.16. The number of anilines is 1. The SMILES string of the molecule is O=C1C(=O)N(c2ccc(OCc3ccccc3)cc2)C(c2cccnc2)/C1=C(/O)c1ccc(F)cc1. The summed E-state index contributed by atoms with van der Waals surface area (Å²) in [5, 5.41) is 11.0. The Bertz CT molecular complexity index is 1420. The molecule has 1 N–H and O–H groups in total. The van der Waals surface area contributed by atoms with E-state index in [0.717, 1.165) is 5.56 Å². The first-order chi connectivity index (χ1) is 17.5. The Kier molecular flexibility index (Phi) is 6.28. The zero-order chi connectivity index (χ0) is 25.1. The van der Waals surface area contributed by atoms with Crippen molar-refractivity contribution in [2.75, 3.05) is 4.90 Å². The third-order valence-corrected chi connectivity index (χ3v) is 5.93. The van der Waals surface area contributed by atoms with Gasteiger partial charge in [0.2, 0.25) is 0 Å². The van der Waals surface area contributed by atoms with Gasteiger partial charge in [-0.25, -0.2) is 4.39 Å². The number of hydrogen-bond acceptors (Lipinski definition) is 5. The van der Waals surface area contributed by atoms with Crippen LogP contribution in [0.25, 0.3) is 5.76 Å². The van der Waals surface area contributed by atoms with E-state index in [1.807, 2.05) is 30.3 Å². The van der Waals surface area contributed by atoms with Gasteiger partial charge < -0.3 is 9.84 Å². The summed E-state index contributed by atoms with van der Waals surface area (Å²) in [4.78, 5) is 31.8. The number of aromatic nitrogens is 1. The number of hydrogen-bond donors (Lipinski definition) is 1. The van der Waals surface area contributed by atoms with Gasteiger partial charge in [0.15, 0.2) is 0 Å². The van der Waals surface area contributed by atoms with Crippen molar-refractivity contribution in [3.05, 3.63) is 131 Å². The zero-order valence-corrected chi connectivity index (χ0v) is 19.0. The first-order valence-electron chi connectivity index (χ1n) is 11.3. The average molecular weight is 480 g/mol. The summed E-state index contributed by atoms with van der Waals surface area (Å²) >= 11 is 0. The second-order valence-corrected chi connectivity index (χ2v) is 8.23. The van der Waals surface area contributed by atoms with E-state index in [1.54, 1.807) is 48.8 Å². The lowest BCUT2D eigenvalue weighted by Crippen LogP contribution is -2.29. The van der Waals surface area contributed by atoms with E-state index in [-0.39, 0.29) is 16.9 Å². The molecule has 36 heavy (non-hydrogen) atoms. The molecule has 1 fully saturated rings. The maximum Gasteiger partial charge on any atom is 0.300 e. The summed E-state index contributed by atoms with van der Waals surface area (Å²) in [7, 11) is 0. The smallest absolute Gasteiger partial charge is 0.300 e. The first-order valence-corrected chi connectivity index (χ1v) is 11.3. The Morgan fingerprint density at radius 2 is 1.64 bits per heavy atom. The number of ketones is 1. The van der Waals surface area contributed by atoms with Crippen LogP contribution in [0.4, 0.5) is 10.1 Å². The molecule has 1 unspecified atom stereocenters. The number of pyridine rings is 1. The minimum absolute atomic E-state index is 0.0935. The highest BCUT2D eigenvalue weighted by Gasteiger charge is 2.47. The standard InChI is InChI=1S/C29H21FN2O4/c30-22-10-8-20(9-11-22)27(33)25-26(21-7-4-16-31-17-21)32(29(35)28(25)34)23-12-14-24(15-13-23)36-18-19-5-2-1-3-6-19/h1-17,26,33H,18H2/b27-25-. The summed E-state index contributed by atoms with van der Waals surface area (Å²) in [6, 6.07) is 24.1. The highest BCUT2D eigenvalue weighted by molar-refractivity contribution is 6.51. The Morgan fingerprint density at radius 3 is 2.31 bits per heavy atom. The van der Waals surface area contributed by atoms with E-state index in [9.17, 15) is 19.1 Å². The van der Waals surface area contributed by atoms with Gasteiger partial charge in [0.25, 0.3) is 11.7 Å². The van der Waals surface area contributed by atoms with E-state index in [2.05, 4.69) is 4.98 Å². The second kappa shape index (κ2) is 9.84. The molecule has 0 saturated carbocycles. The Morgan fingerprint density at radius 1 is 0.917 bits per heavy atom. The van der Waals surface area contributed by atoms with Crippen LogP contribution in [0.2, 0.25) is 0 Å². The molecule has 5 rings (SSSR count). The Hall–Kier alpha value is -4.78. The minimum Gasteiger partial charge on any atom is -0.507 e. The van der Waals surface area contributed by atoms with Gasteiger partial charge in [-0.15, -0.1) is 0 Å². The molecule has 178 valence electrons. The van der Waals surface area contributed by atoms with Gasteiger partial charge in [0.1, 0.15) is 23.9 Å². The van der Waals surface area contributed by atoms with Crippen molar-refractivity contribution >= 4 is 23.1 Å². The predicted octanol–water partition coefficient (Wildman–Crippen LogP) is 5.43. The molecule has 1 aliphatic rings. The fourth-order valence-corrected chi connectivity index (χ4v) is 4.16. The molecular formula is C29H21FN2O4. The number of ether oxygens (including phenoxy) is 1. The third-order valence-electron chi connectivity index (χ3n) is 5.93. The number of rotatable bonds is 6. The maximum atomic E-state index is 13.4. The number of Topliss-reactive ketones (excluding diaryl/α,β-unsaturated/α-hetero) is 1. The van der Waals surface area contributed by atoms with Crippen molar-refractivity contribution in [2.45, 2.75) is 12.6 Å². The average Bonchev–Trinajstić information content (AvgIpc) is 3.19. The minimum atomic E-state index is -0.917. The number of aliphatic hydroxyl groups is 1. The van der Waals surface area contributed by atoms with Crippen LogP contribution in [-0.2, 0) is 16.2 Å². The van der Waals surface area contributed by atoms with Crippen molar-refractivity contribution in [1.29, 1.82) is 0 Å². The Labute approximate surface area is 206 Å². The van der Waals surface area contributed by atoms with Gasteiger partial charge in [0.05, 0.1) is 11.6 Å². The number of benzene rings is 3. The summed E-state index contributed by atoms with van der Waals surface area (Å²) < 4.78 is 19.3. The van der Waals surface area contributed by atoms with Gasteiger partial charge >= 0.3 is 0 Å². The third kappa shape index (κ3) is 4.46. The van der Waals surface area contributed by atoms with E-state index in [1.165, 1.54) is 29.2 Å². The molecule has 0 radical (unpaired) electrons. The van der Waals surface area contributed by atoms with Crippen LogP contribution in [-0.4, -0.2) is 21.8 Å². The zero-order valence-electron chi connectivity index (χ0n) is 19.0. The van der Waals surface area contributed by atoms with Gasteiger partial charge in [-0.3, -0.25) is 19.5 Å². The van der Waals surface area contributed by atoms with Crippen LogP contribution >= 0.6 is 0 Å². The lowest BCUT2D eigenvalue weighted by atomic mass is 9.96. The monoisotopic (exact) mass is 480 g/mol. The first kappa shape index (κ1) is 23.0. The number of amides is 1. The molecule has 3 aromatic carbocycles. The van der Waals surface area contributed by atoms with Crippen LogP contribution < -0.4 is 9.64 Å². The predicted molar refractivity (Wildman–Crippen MR) is 133 cm³/mol. The molecule has 0 aliphatic carbocycles. The van der Waals surface area contributed by atoms with Gasteiger partial charge in [-0.05, 0) is 65.7 Å². The van der Waals surface area contributed by atoms with Crippen LogP contribution in [0.1, 0.15) is 22.7 Å². The van der Waals surface area contributed by atoms with E-state index in [4.69, 9.17) is 4.74 Å². The number of halogens is 1. The van der Waals surface area contributed by atoms with Crippen molar-refractivity contribution in [3.8, 4) is 5.75 Å². The molecule has 4 aromatic rings. The van der Waals surface area contributed by atoms with Crippen LogP contribution in [0, 0.1) is 5.82 Å².